The molecule has 0 unspecified atom stereocenters. The first-order valence-corrected chi connectivity index (χ1v) is 6.60. The first-order valence-electron chi connectivity index (χ1n) is 6.60. The number of carbonyl (C=O) groups is 1. The summed E-state index contributed by atoms with van der Waals surface area (Å²) in [5.41, 5.74) is 0. The minimum absolute atomic E-state index is 0.0862. The number of amides is 1. The van der Waals surface area contributed by atoms with Gasteiger partial charge in [-0.15, -0.1) is 0 Å². The van der Waals surface area contributed by atoms with Gasteiger partial charge in [0, 0.05) is 12.6 Å². The average Bonchev–Trinajstić information content (AvgIpc) is 2.28. The van der Waals surface area contributed by atoms with Crippen LogP contribution in [0.4, 0.5) is 13.2 Å². The molecule has 1 aliphatic carbocycles. The van der Waals surface area contributed by atoms with Gasteiger partial charge >= 0.3 is 6.18 Å². The summed E-state index contributed by atoms with van der Waals surface area (Å²) in [6, 6.07) is 0.0862. The van der Waals surface area contributed by atoms with E-state index in [9.17, 15) is 18.0 Å². The molecule has 0 saturated heterocycles. The Morgan fingerprint density at radius 2 is 1.89 bits per heavy atom. The molecule has 0 aliphatic heterocycles. The van der Waals surface area contributed by atoms with E-state index in [4.69, 9.17) is 5.11 Å². The third-order valence-electron chi connectivity index (χ3n) is 3.16. The fraction of sp³-hybridized carbons (Fsp3) is 0.917. The summed E-state index contributed by atoms with van der Waals surface area (Å²) in [6.45, 7) is -2.05. The first kappa shape index (κ1) is 16.2. The summed E-state index contributed by atoms with van der Waals surface area (Å²) in [5.74, 6) is -0.399. The predicted molar refractivity (Wildman–Crippen MR) is 64.6 cm³/mol. The third-order valence-corrected chi connectivity index (χ3v) is 3.16. The van der Waals surface area contributed by atoms with Crippen molar-refractivity contribution in [3.63, 3.8) is 0 Å². The molecule has 112 valence electrons. The van der Waals surface area contributed by atoms with Crippen LogP contribution in [0.1, 0.15) is 32.1 Å². The van der Waals surface area contributed by atoms with Crippen LogP contribution < -0.4 is 5.32 Å². The summed E-state index contributed by atoms with van der Waals surface area (Å²) in [4.78, 5) is 12.6. The largest absolute Gasteiger partial charge is 0.401 e. The number of aliphatic hydroxyl groups excluding tert-OH is 1. The van der Waals surface area contributed by atoms with E-state index in [-0.39, 0.29) is 19.1 Å². The van der Waals surface area contributed by atoms with Crippen molar-refractivity contribution < 1.29 is 23.1 Å². The van der Waals surface area contributed by atoms with E-state index >= 15 is 0 Å². The van der Waals surface area contributed by atoms with E-state index in [1.165, 1.54) is 0 Å². The highest BCUT2D eigenvalue weighted by Gasteiger charge is 2.31. The molecule has 7 heteroatoms. The van der Waals surface area contributed by atoms with E-state index in [0.717, 1.165) is 37.0 Å². The van der Waals surface area contributed by atoms with Gasteiger partial charge in [-0.25, -0.2) is 0 Å². The van der Waals surface area contributed by atoms with Crippen LogP contribution in [-0.4, -0.2) is 54.4 Å². The number of hydrogen-bond donors (Lipinski definition) is 2. The first-order chi connectivity index (χ1) is 8.90. The molecule has 1 aliphatic rings. The van der Waals surface area contributed by atoms with Gasteiger partial charge in [0.05, 0.1) is 19.7 Å². The van der Waals surface area contributed by atoms with E-state index in [1.54, 1.807) is 0 Å². The summed E-state index contributed by atoms with van der Waals surface area (Å²) < 4.78 is 36.8. The van der Waals surface area contributed by atoms with Gasteiger partial charge in [0.15, 0.2) is 0 Å². The van der Waals surface area contributed by atoms with Crippen LogP contribution >= 0.6 is 0 Å². The Bertz CT molecular complexity index is 279. The number of aliphatic hydroxyl groups is 1. The lowest BCUT2D eigenvalue weighted by Gasteiger charge is -2.26. The highest BCUT2D eigenvalue weighted by atomic mass is 19.4. The minimum atomic E-state index is -4.36. The van der Waals surface area contributed by atoms with E-state index in [1.807, 2.05) is 0 Å². The van der Waals surface area contributed by atoms with Crippen LogP contribution in [0.5, 0.6) is 0 Å². The number of nitrogens with zero attached hydrogens (tertiary/aromatic N) is 1. The topological polar surface area (TPSA) is 52.6 Å². The van der Waals surface area contributed by atoms with Crippen LogP contribution in [0.15, 0.2) is 0 Å². The quantitative estimate of drug-likeness (QED) is 0.772. The van der Waals surface area contributed by atoms with Crippen LogP contribution in [-0.2, 0) is 4.79 Å². The van der Waals surface area contributed by atoms with Gasteiger partial charge in [-0.1, -0.05) is 19.3 Å². The van der Waals surface area contributed by atoms with E-state index in [2.05, 4.69) is 5.32 Å². The average molecular weight is 282 g/mol. The lowest BCUT2D eigenvalue weighted by Crippen LogP contribution is -2.46. The van der Waals surface area contributed by atoms with Crippen LogP contribution in [0.2, 0.25) is 0 Å². The van der Waals surface area contributed by atoms with Gasteiger partial charge in [0.1, 0.15) is 0 Å². The molecule has 0 aromatic rings. The molecular weight excluding hydrogens is 261 g/mol. The molecule has 0 radical (unpaired) electrons. The van der Waals surface area contributed by atoms with Crippen molar-refractivity contribution in [3.8, 4) is 0 Å². The normalized spacial score (nSPS) is 17.7. The van der Waals surface area contributed by atoms with Crippen molar-refractivity contribution in [2.75, 3.05) is 26.2 Å². The molecule has 0 spiro atoms. The van der Waals surface area contributed by atoms with Crippen molar-refractivity contribution >= 4 is 5.91 Å². The van der Waals surface area contributed by atoms with Crippen molar-refractivity contribution in [2.45, 2.75) is 44.3 Å². The lowest BCUT2D eigenvalue weighted by molar-refractivity contribution is -0.149. The van der Waals surface area contributed by atoms with Crippen LogP contribution in [0.25, 0.3) is 0 Å². The highest BCUT2D eigenvalue weighted by Crippen LogP contribution is 2.18. The third kappa shape index (κ3) is 7.37. The second-order valence-electron chi connectivity index (χ2n) is 4.95. The number of nitrogens with one attached hydrogen (secondary N) is 1. The Morgan fingerprint density at radius 3 is 2.42 bits per heavy atom. The molecule has 0 aromatic carbocycles. The summed E-state index contributed by atoms with van der Waals surface area (Å²) >= 11 is 0. The van der Waals surface area contributed by atoms with Gasteiger partial charge in [0.25, 0.3) is 0 Å². The Kier molecular flexibility index (Phi) is 6.57. The number of carbonyl (C=O) groups excluding carboxylic acids is 1. The summed E-state index contributed by atoms with van der Waals surface area (Å²) in [7, 11) is 0. The zero-order valence-corrected chi connectivity index (χ0v) is 10.9. The molecule has 1 fully saturated rings. The number of hydrogen-bond acceptors (Lipinski definition) is 3. The molecule has 19 heavy (non-hydrogen) atoms. The molecule has 1 saturated carbocycles. The maximum atomic E-state index is 12.3. The smallest absolute Gasteiger partial charge is 0.395 e. The van der Waals surface area contributed by atoms with Gasteiger partial charge < -0.3 is 10.4 Å². The molecule has 0 aromatic heterocycles. The van der Waals surface area contributed by atoms with Crippen molar-refractivity contribution in [2.24, 2.45) is 0 Å². The maximum Gasteiger partial charge on any atom is 0.401 e. The predicted octanol–water partition coefficient (Wildman–Crippen LogP) is 1.29. The fourth-order valence-corrected chi connectivity index (χ4v) is 2.33. The fourth-order valence-electron chi connectivity index (χ4n) is 2.33. The monoisotopic (exact) mass is 282 g/mol. The Balaban J connectivity index is 2.37. The number of alkyl halides is 3. The Morgan fingerprint density at radius 1 is 1.26 bits per heavy atom. The van der Waals surface area contributed by atoms with Gasteiger partial charge in [-0.2, -0.15) is 13.2 Å². The van der Waals surface area contributed by atoms with Crippen LogP contribution in [0.3, 0.4) is 0 Å². The summed E-state index contributed by atoms with van der Waals surface area (Å²) in [6.07, 6.45) is 0.676. The van der Waals surface area contributed by atoms with E-state index < -0.39 is 25.2 Å². The zero-order chi connectivity index (χ0) is 14.3. The van der Waals surface area contributed by atoms with E-state index in [0.29, 0.717) is 0 Å². The van der Waals surface area contributed by atoms with Gasteiger partial charge in [-0.3, -0.25) is 9.69 Å². The lowest BCUT2D eigenvalue weighted by atomic mass is 9.95. The van der Waals surface area contributed by atoms with Crippen molar-refractivity contribution in [3.05, 3.63) is 0 Å². The maximum absolute atomic E-state index is 12.3. The molecule has 0 bridgehead atoms. The molecule has 1 amide bonds. The zero-order valence-electron chi connectivity index (χ0n) is 10.9. The highest BCUT2D eigenvalue weighted by molar-refractivity contribution is 5.78. The standard InChI is InChI=1S/C12H21F3N2O2/c13-12(14,15)9-17(6-7-18)8-11(19)16-10-4-2-1-3-5-10/h10,18H,1-9H2,(H,16,19). The number of halogens is 3. The van der Waals surface area contributed by atoms with Gasteiger partial charge in [-0.05, 0) is 12.8 Å². The number of rotatable bonds is 6. The molecule has 0 heterocycles. The molecule has 1 rings (SSSR count). The summed E-state index contributed by atoms with van der Waals surface area (Å²) in [5, 5.41) is 11.5. The van der Waals surface area contributed by atoms with Crippen molar-refractivity contribution in [1.29, 1.82) is 0 Å². The Hall–Kier alpha value is -0.820. The van der Waals surface area contributed by atoms with Gasteiger partial charge in [0.2, 0.25) is 5.91 Å². The second kappa shape index (κ2) is 7.69. The second-order valence-corrected chi connectivity index (χ2v) is 4.95. The molecule has 0 atom stereocenters. The SMILES string of the molecule is O=C(CN(CCO)CC(F)(F)F)NC1CCCCC1. The van der Waals surface area contributed by atoms with Crippen molar-refractivity contribution in [1.82, 2.24) is 10.2 Å². The van der Waals surface area contributed by atoms with Crippen LogP contribution in [0, 0.1) is 0 Å². The molecular formula is C12H21F3N2O2. The Labute approximate surface area is 111 Å². The molecule has 2 N–H and O–H groups in total. The minimum Gasteiger partial charge on any atom is -0.395 e. The molecule has 4 nitrogen and oxygen atoms in total.